The van der Waals surface area contributed by atoms with Crippen LogP contribution in [0, 0.1) is 0 Å². The van der Waals surface area contributed by atoms with Crippen molar-refractivity contribution < 1.29 is 17.6 Å². The maximum Gasteiger partial charge on any atom is 0.416 e. The lowest BCUT2D eigenvalue weighted by Crippen LogP contribution is -2.30. The number of hydrogen-bond acceptors (Lipinski definition) is 5. The Kier molecular flexibility index (Phi) is 4.39. The van der Waals surface area contributed by atoms with Crippen LogP contribution >= 0.6 is 0 Å². The summed E-state index contributed by atoms with van der Waals surface area (Å²) < 4.78 is 52.2. The van der Waals surface area contributed by atoms with Gasteiger partial charge < -0.3 is 10.6 Å². The van der Waals surface area contributed by atoms with E-state index in [1.807, 2.05) is 0 Å². The molecule has 0 bridgehead atoms. The number of alkyl halides is 4. The molecule has 1 fully saturated rings. The average Bonchev–Trinajstić information content (AvgIpc) is 3.06. The van der Waals surface area contributed by atoms with Gasteiger partial charge in [-0.15, -0.1) is 10.2 Å². The highest BCUT2D eigenvalue weighted by Crippen LogP contribution is 2.33. The van der Waals surface area contributed by atoms with E-state index in [0.29, 0.717) is 34.5 Å². The molecule has 0 spiro atoms. The fraction of sp³-hybridized carbons (Fsp3) is 0.278. The van der Waals surface area contributed by atoms with Gasteiger partial charge in [-0.2, -0.15) is 13.2 Å². The molecule has 5 nitrogen and oxygen atoms in total. The second-order valence-electron chi connectivity index (χ2n) is 6.30. The molecule has 1 aromatic carbocycles. The second-order valence-corrected chi connectivity index (χ2v) is 6.30. The standard InChI is InChI=1S/C18H15F4N5/c19-13-8-23-9-14(13)25-17-16-12(2-1-7-24-16)15(26-27-17)10-3-5-11(6-4-10)18(20,21)22/h1-7,13-14,23H,8-9H2,(H,25,27)/t13-,14+/m0/s1. The van der Waals surface area contributed by atoms with Gasteiger partial charge in [0.05, 0.1) is 11.6 Å². The molecule has 1 saturated heterocycles. The summed E-state index contributed by atoms with van der Waals surface area (Å²) in [5.41, 5.74) is 0.661. The lowest BCUT2D eigenvalue weighted by atomic mass is 10.0. The SMILES string of the molecule is F[C@H]1CNC[C@H]1Nc1nnc(-c2ccc(C(F)(F)F)cc2)c2cccnc12. The monoisotopic (exact) mass is 377 g/mol. The lowest BCUT2D eigenvalue weighted by Gasteiger charge is -2.16. The molecule has 1 aliphatic heterocycles. The van der Waals surface area contributed by atoms with E-state index in [1.165, 1.54) is 12.1 Å². The summed E-state index contributed by atoms with van der Waals surface area (Å²) >= 11 is 0. The van der Waals surface area contributed by atoms with E-state index in [0.717, 1.165) is 12.1 Å². The molecular weight excluding hydrogens is 362 g/mol. The number of rotatable bonds is 3. The number of hydrogen-bond donors (Lipinski definition) is 2. The molecule has 2 atom stereocenters. The summed E-state index contributed by atoms with van der Waals surface area (Å²) in [6.45, 7) is 0.720. The lowest BCUT2D eigenvalue weighted by molar-refractivity contribution is -0.137. The number of aromatic nitrogens is 3. The topological polar surface area (TPSA) is 62.7 Å². The summed E-state index contributed by atoms with van der Waals surface area (Å²) in [4.78, 5) is 4.30. The zero-order chi connectivity index (χ0) is 19.0. The predicted molar refractivity (Wildman–Crippen MR) is 92.9 cm³/mol. The number of anilines is 1. The number of pyridine rings is 1. The van der Waals surface area contributed by atoms with Crippen LogP contribution in [0.15, 0.2) is 42.6 Å². The van der Waals surface area contributed by atoms with Crippen LogP contribution < -0.4 is 10.6 Å². The van der Waals surface area contributed by atoms with Crippen molar-refractivity contribution in [1.82, 2.24) is 20.5 Å². The molecule has 4 rings (SSSR count). The van der Waals surface area contributed by atoms with Crippen molar-refractivity contribution in [2.24, 2.45) is 0 Å². The molecule has 3 aromatic rings. The van der Waals surface area contributed by atoms with E-state index < -0.39 is 24.0 Å². The third-order valence-corrected chi connectivity index (χ3v) is 4.49. The zero-order valence-corrected chi connectivity index (χ0v) is 14.0. The van der Waals surface area contributed by atoms with Crippen LogP contribution in [0.5, 0.6) is 0 Å². The number of nitrogens with one attached hydrogen (secondary N) is 2. The number of halogens is 4. The third-order valence-electron chi connectivity index (χ3n) is 4.49. The molecule has 0 amide bonds. The van der Waals surface area contributed by atoms with E-state index >= 15 is 0 Å². The van der Waals surface area contributed by atoms with Crippen molar-refractivity contribution in [3.05, 3.63) is 48.2 Å². The molecule has 0 unspecified atom stereocenters. The Morgan fingerprint density at radius 3 is 2.48 bits per heavy atom. The minimum Gasteiger partial charge on any atom is -0.360 e. The van der Waals surface area contributed by atoms with Crippen LogP contribution in [0.1, 0.15) is 5.56 Å². The summed E-state index contributed by atoms with van der Waals surface area (Å²) in [5, 5.41) is 14.9. The van der Waals surface area contributed by atoms with Crippen molar-refractivity contribution in [1.29, 1.82) is 0 Å². The zero-order valence-electron chi connectivity index (χ0n) is 14.0. The molecule has 27 heavy (non-hydrogen) atoms. The minimum absolute atomic E-state index is 0.264. The molecule has 0 radical (unpaired) electrons. The van der Waals surface area contributed by atoms with Crippen LogP contribution in [-0.4, -0.2) is 40.5 Å². The largest absolute Gasteiger partial charge is 0.416 e. The first-order valence-electron chi connectivity index (χ1n) is 8.34. The molecule has 0 saturated carbocycles. The Hall–Kier alpha value is -2.81. The molecular formula is C18H15F4N5. The van der Waals surface area contributed by atoms with Gasteiger partial charge in [-0.3, -0.25) is 4.98 Å². The smallest absolute Gasteiger partial charge is 0.360 e. The van der Waals surface area contributed by atoms with E-state index in [-0.39, 0.29) is 6.54 Å². The third kappa shape index (κ3) is 3.42. The van der Waals surface area contributed by atoms with Gasteiger partial charge in [0.25, 0.3) is 0 Å². The Bertz CT molecular complexity index is 958. The first-order valence-corrected chi connectivity index (χ1v) is 8.34. The van der Waals surface area contributed by atoms with Crippen LogP contribution in [0.25, 0.3) is 22.2 Å². The highest BCUT2D eigenvalue weighted by atomic mass is 19.4. The number of benzene rings is 1. The van der Waals surface area contributed by atoms with E-state index in [4.69, 9.17) is 0 Å². The van der Waals surface area contributed by atoms with Crippen molar-refractivity contribution in [3.8, 4) is 11.3 Å². The fourth-order valence-corrected chi connectivity index (χ4v) is 3.08. The first kappa shape index (κ1) is 17.6. The molecule has 2 aromatic heterocycles. The van der Waals surface area contributed by atoms with Gasteiger partial charge in [0.15, 0.2) is 5.82 Å². The van der Waals surface area contributed by atoms with Crippen LogP contribution in [0.4, 0.5) is 23.4 Å². The first-order chi connectivity index (χ1) is 12.9. The Morgan fingerprint density at radius 2 is 1.81 bits per heavy atom. The Balaban J connectivity index is 1.73. The van der Waals surface area contributed by atoms with Gasteiger partial charge >= 0.3 is 6.18 Å². The second kappa shape index (κ2) is 6.73. The van der Waals surface area contributed by atoms with Gasteiger partial charge in [-0.05, 0) is 24.3 Å². The van der Waals surface area contributed by atoms with Gasteiger partial charge in [0, 0.05) is 30.2 Å². The summed E-state index contributed by atoms with van der Waals surface area (Å²) in [7, 11) is 0. The molecule has 1 aliphatic rings. The number of nitrogens with zero attached hydrogens (tertiary/aromatic N) is 3. The molecule has 140 valence electrons. The minimum atomic E-state index is -4.40. The normalized spacial score (nSPS) is 20.1. The quantitative estimate of drug-likeness (QED) is 0.685. The average molecular weight is 377 g/mol. The highest BCUT2D eigenvalue weighted by molar-refractivity contribution is 5.97. The number of fused-ring (bicyclic) bond motifs is 1. The van der Waals surface area contributed by atoms with Gasteiger partial charge in [-0.1, -0.05) is 12.1 Å². The van der Waals surface area contributed by atoms with Crippen molar-refractivity contribution in [2.45, 2.75) is 18.4 Å². The Morgan fingerprint density at radius 1 is 1.04 bits per heavy atom. The molecule has 9 heteroatoms. The van der Waals surface area contributed by atoms with Gasteiger partial charge in [-0.25, -0.2) is 4.39 Å². The van der Waals surface area contributed by atoms with E-state index in [1.54, 1.807) is 18.3 Å². The maximum absolute atomic E-state index is 13.9. The Labute approximate surface area is 151 Å². The van der Waals surface area contributed by atoms with Crippen molar-refractivity contribution in [2.75, 3.05) is 18.4 Å². The highest BCUT2D eigenvalue weighted by Gasteiger charge is 2.30. The summed E-state index contributed by atoms with van der Waals surface area (Å²) in [6.07, 6.45) is -3.88. The fourth-order valence-electron chi connectivity index (χ4n) is 3.08. The predicted octanol–water partition coefficient (Wildman–Crippen LogP) is 3.43. The van der Waals surface area contributed by atoms with Crippen LogP contribution in [-0.2, 0) is 6.18 Å². The molecule has 2 N–H and O–H groups in total. The molecule has 3 heterocycles. The van der Waals surface area contributed by atoms with E-state index in [2.05, 4.69) is 25.8 Å². The maximum atomic E-state index is 13.9. The van der Waals surface area contributed by atoms with E-state index in [9.17, 15) is 17.6 Å². The van der Waals surface area contributed by atoms with Gasteiger partial charge in [0.2, 0.25) is 0 Å². The van der Waals surface area contributed by atoms with Crippen LogP contribution in [0.2, 0.25) is 0 Å². The van der Waals surface area contributed by atoms with Crippen molar-refractivity contribution in [3.63, 3.8) is 0 Å². The summed E-state index contributed by atoms with van der Waals surface area (Å²) in [6, 6.07) is 7.73. The van der Waals surface area contributed by atoms with Gasteiger partial charge in [0.1, 0.15) is 17.4 Å². The molecule has 0 aliphatic carbocycles. The summed E-state index contributed by atoms with van der Waals surface area (Å²) in [5.74, 6) is 0.345. The van der Waals surface area contributed by atoms with Crippen molar-refractivity contribution >= 4 is 16.7 Å². The van der Waals surface area contributed by atoms with Crippen LogP contribution in [0.3, 0.4) is 0 Å².